The van der Waals surface area contributed by atoms with Gasteiger partial charge in [-0.25, -0.2) is 4.79 Å². The average molecular weight is 391 g/mol. The molecule has 29 heavy (non-hydrogen) atoms. The van der Waals surface area contributed by atoms with Crippen molar-refractivity contribution >= 4 is 22.8 Å². The van der Waals surface area contributed by atoms with E-state index in [9.17, 15) is 14.7 Å². The summed E-state index contributed by atoms with van der Waals surface area (Å²) in [6.07, 6.45) is 4.83. The van der Waals surface area contributed by atoms with Gasteiger partial charge in [0.2, 0.25) is 0 Å². The molecule has 0 spiro atoms. The van der Waals surface area contributed by atoms with Crippen molar-refractivity contribution in [2.45, 2.75) is 25.3 Å². The van der Waals surface area contributed by atoms with Gasteiger partial charge in [-0.15, -0.1) is 0 Å². The van der Waals surface area contributed by atoms with E-state index in [2.05, 4.69) is 39.6 Å². The third kappa shape index (κ3) is 4.32. The zero-order valence-corrected chi connectivity index (χ0v) is 16.2. The summed E-state index contributed by atoms with van der Waals surface area (Å²) in [4.78, 5) is 29.6. The van der Waals surface area contributed by atoms with Crippen LogP contribution >= 0.6 is 0 Å². The van der Waals surface area contributed by atoms with Crippen molar-refractivity contribution < 1.29 is 14.7 Å². The number of carboxylic acids is 1. The number of rotatable bonds is 6. The third-order valence-corrected chi connectivity index (χ3v) is 5.70. The fraction of sp³-hybridized carbons (Fsp3) is 0.304. The highest BCUT2D eigenvalue weighted by Crippen LogP contribution is 2.19. The second-order valence-corrected chi connectivity index (χ2v) is 7.55. The fourth-order valence-corrected chi connectivity index (χ4v) is 4.05. The molecule has 0 aliphatic carbocycles. The number of hydrogen-bond acceptors (Lipinski definition) is 3. The van der Waals surface area contributed by atoms with Crippen LogP contribution in [-0.2, 0) is 6.42 Å². The molecule has 4 rings (SSSR count). The minimum atomic E-state index is -1.08. The summed E-state index contributed by atoms with van der Waals surface area (Å²) in [5.74, 6) is -1.39. The van der Waals surface area contributed by atoms with Gasteiger partial charge in [-0.05, 0) is 43.0 Å². The number of fused-ring (bicyclic) bond motifs is 1. The van der Waals surface area contributed by atoms with Crippen molar-refractivity contribution in [3.05, 3.63) is 71.4 Å². The Morgan fingerprint density at radius 2 is 1.72 bits per heavy atom. The number of piperidine rings is 1. The van der Waals surface area contributed by atoms with Crippen LogP contribution in [0.15, 0.2) is 54.7 Å². The van der Waals surface area contributed by atoms with E-state index >= 15 is 0 Å². The molecular formula is C23H25N3O3. The molecule has 1 aromatic heterocycles. The molecule has 6 heteroatoms. The summed E-state index contributed by atoms with van der Waals surface area (Å²) in [6, 6.07) is 14.8. The Morgan fingerprint density at radius 1 is 1.03 bits per heavy atom. The summed E-state index contributed by atoms with van der Waals surface area (Å²) >= 11 is 0. The number of aromatic carboxylic acids is 1. The molecule has 3 N–H and O–H groups in total. The lowest BCUT2D eigenvalue weighted by molar-refractivity contribution is 0.0689. The van der Waals surface area contributed by atoms with Crippen molar-refractivity contribution in [3.63, 3.8) is 0 Å². The van der Waals surface area contributed by atoms with E-state index in [1.807, 2.05) is 6.07 Å². The van der Waals surface area contributed by atoms with Gasteiger partial charge >= 0.3 is 5.97 Å². The van der Waals surface area contributed by atoms with Crippen LogP contribution < -0.4 is 5.32 Å². The van der Waals surface area contributed by atoms with E-state index in [4.69, 9.17) is 0 Å². The van der Waals surface area contributed by atoms with Crippen molar-refractivity contribution in [1.29, 1.82) is 0 Å². The van der Waals surface area contributed by atoms with Crippen molar-refractivity contribution in [1.82, 2.24) is 15.2 Å². The van der Waals surface area contributed by atoms with Gasteiger partial charge in [0, 0.05) is 42.8 Å². The number of nitrogens with zero attached hydrogens (tertiary/aromatic N) is 1. The lowest BCUT2D eigenvalue weighted by Gasteiger charge is -2.32. The Balaban J connectivity index is 1.28. The summed E-state index contributed by atoms with van der Waals surface area (Å²) in [7, 11) is 0. The minimum Gasteiger partial charge on any atom is -0.478 e. The van der Waals surface area contributed by atoms with Gasteiger partial charge in [0.1, 0.15) is 0 Å². The van der Waals surface area contributed by atoms with Gasteiger partial charge in [0.15, 0.2) is 0 Å². The van der Waals surface area contributed by atoms with Crippen molar-refractivity contribution in [2.24, 2.45) is 0 Å². The van der Waals surface area contributed by atoms with Crippen LogP contribution in [0.5, 0.6) is 0 Å². The van der Waals surface area contributed by atoms with Crippen LogP contribution in [0.1, 0.15) is 39.1 Å². The molecule has 1 amide bonds. The van der Waals surface area contributed by atoms with Gasteiger partial charge in [-0.1, -0.05) is 30.3 Å². The zero-order valence-electron chi connectivity index (χ0n) is 16.2. The maximum absolute atomic E-state index is 12.5. The van der Waals surface area contributed by atoms with E-state index in [1.165, 1.54) is 22.5 Å². The molecule has 2 heterocycles. The number of benzene rings is 2. The quantitative estimate of drug-likeness (QED) is 0.602. The van der Waals surface area contributed by atoms with Crippen LogP contribution in [0.25, 0.3) is 10.9 Å². The largest absolute Gasteiger partial charge is 0.478 e. The molecule has 150 valence electrons. The second-order valence-electron chi connectivity index (χ2n) is 7.55. The van der Waals surface area contributed by atoms with Crippen molar-refractivity contribution in [3.8, 4) is 0 Å². The summed E-state index contributed by atoms with van der Waals surface area (Å²) in [5, 5.41) is 13.6. The Labute approximate surface area is 169 Å². The molecule has 0 radical (unpaired) electrons. The Kier molecular flexibility index (Phi) is 5.62. The molecule has 2 aromatic carbocycles. The number of likely N-dealkylation sites (tertiary alicyclic amines) is 1. The smallest absolute Gasteiger partial charge is 0.336 e. The van der Waals surface area contributed by atoms with Crippen LogP contribution in [0, 0.1) is 0 Å². The highest BCUT2D eigenvalue weighted by molar-refractivity contribution is 6.04. The lowest BCUT2D eigenvalue weighted by atomic mass is 10.0. The highest BCUT2D eigenvalue weighted by atomic mass is 16.4. The molecule has 1 aliphatic rings. The van der Waals surface area contributed by atoms with Gasteiger partial charge in [0.25, 0.3) is 5.91 Å². The summed E-state index contributed by atoms with van der Waals surface area (Å²) in [6.45, 7) is 2.84. The molecule has 0 atom stereocenters. The standard InChI is InChI=1S/C23H25N3O3/c27-22(19-6-1-2-7-20(19)23(28)29)25-17-10-13-26(14-11-17)12-9-16-15-24-21-8-4-3-5-18(16)21/h1-8,15,17,24H,9-14H2,(H,25,27)(H,28,29). The highest BCUT2D eigenvalue weighted by Gasteiger charge is 2.23. The van der Waals surface area contributed by atoms with Crippen LogP contribution in [0.2, 0.25) is 0 Å². The Bertz CT molecular complexity index is 1020. The number of aromatic amines is 1. The van der Waals surface area contributed by atoms with Crippen LogP contribution in [0.3, 0.4) is 0 Å². The lowest BCUT2D eigenvalue weighted by Crippen LogP contribution is -2.45. The number of aromatic nitrogens is 1. The Morgan fingerprint density at radius 3 is 2.48 bits per heavy atom. The molecule has 6 nitrogen and oxygen atoms in total. The molecule has 0 bridgehead atoms. The van der Waals surface area contributed by atoms with Gasteiger partial charge in [0.05, 0.1) is 11.1 Å². The first-order chi connectivity index (χ1) is 14.1. The number of hydrogen-bond donors (Lipinski definition) is 3. The first-order valence-electron chi connectivity index (χ1n) is 10.0. The number of amides is 1. The SMILES string of the molecule is O=C(O)c1ccccc1C(=O)NC1CCN(CCc2c[nH]c3ccccc23)CC1. The number of para-hydroxylation sites is 1. The van der Waals surface area contributed by atoms with E-state index < -0.39 is 5.97 Å². The minimum absolute atomic E-state index is 0.0427. The van der Waals surface area contributed by atoms with Crippen LogP contribution in [-0.4, -0.2) is 52.5 Å². The number of carbonyl (C=O) groups is 2. The van der Waals surface area contributed by atoms with E-state index in [0.717, 1.165) is 38.9 Å². The first kappa shape index (κ1) is 19.2. The molecule has 0 unspecified atom stereocenters. The summed E-state index contributed by atoms with van der Waals surface area (Å²) in [5.41, 5.74) is 2.77. The monoisotopic (exact) mass is 391 g/mol. The van der Waals surface area contributed by atoms with E-state index in [0.29, 0.717) is 0 Å². The first-order valence-corrected chi connectivity index (χ1v) is 10.0. The number of carbonyl (C=O) groups excluding carboxylic acids is 1. The normalized spacial score (nSPS) is 15.4. The number of carboxylic acid groups (broad SMARTS) is 1. The molecule has 1 aliphatic heterocycles. The topological polar surface area (TPSA) is 85.4 Å². The van der Waals surface area contributed by atoms with Crippen LogP contribution in [0.4, 0.5) is 0 Å². The molecule has 3 aromatic rings. The maximum atomic E-state index is 12.5. The predicted molar refractivity (Wildman–Crippen MR) is 112 cm³/mol. The maximum Gasteiger partial charge on any atom is 0.336 e. The second kappa shape index (κ2) is 8.49. The Hall–Kier alpha value is -3.12. The van der Waals surface area contributed by atoms with Gasteiger partial charge in [-0.3, -0.25) is 4.79 Å². The van der Waals surface area contributed by atoms with Gasteiger partial charge < -0.3 is 20.3 Å². The predicted octanol–water partition coefficient (Wildman–Crippen LogP) is 3.30. The summed E-state index contributed by atoms with van der Waals surface area (Å²) < 4.78 is 0. The number of nitrogens with one attached hydrogen (secondary N) is 2. The van der Waals surface area contributed by atoms with E-state index in [-0.39, 0.29) is 23.1 Å². The molecular weight excluding hydrogens is 366 g/mol. The third-order valence-electron chi connectivity index (χ3n) is 5.70. The fourth-order valence-electron chi connectivity index (χ4n) is 4.05. The van der Waals surface area contributed by atoms with Gasteiger partial charge in [-0.2, -0.15) is 0 Å². The molecule has 1 saturated heterocycles. The average Bonchev–Trinajstić information content (AvgIpc) is 3.16. The van der Waals surface area contributed by atoms with E-state index in [1.54, 1.807) is 18.2 Å². The number of H-pyrrole nitrogens is 1. The molecule has 0 saturated carbocycles. The van der Waals surface area contributed by atoms with Crippen molar-refractivity contribution in [2.75, 3.05) is 19.6 Å². The molecule has 1 fully saturated rings. The zero-order chi connectivity index (χ0) is 20.2.